The number of hydrogen-bond donors (Lipinski definition) is 2. The van der Waals surface area contributed by atoms with E-state index in [0.29, 0.717) is 17.0 Å². The lowest BCUT2D eigenvalue weighted by Crippen LogP contribution is -2.21. The van der Waals surface area contributed by atoms with E-state index >= 15 is 0 Å². The summed E-state index contributed by atoms with van der Waals surface area (Å²) in [6.07, 6.45) is -3.36. The summed E-state index contributed by atoms with van der Waals surface area (Å²) in [7, 11) is 0. The summed E-state index contributed by atoms with van der Waals surface area (Å²) in [5.41, 5.74) is 4.52. The van der Waals surface area contributed by atoms with E-state index in [1.165, 1.54) is 17.3 Å². The summed E-state index contributed by atoms with van der Waals surface area (Å²) < 4.78 is 34.3. The lowest BCUT2D eigenvalue weighted by atomic mass is 9.87. The second-order valence-electron chi connectivity index (χ2n) is 9.65. The molecule has 0 fully saturated rings. The Morgan fingerprint density at radius 3 is 2.22 bits per heavy atom. The number of aliphatic carboxylic acids is 1. The fourth-order valence-electron chi connectivity index (χ4n) is 3.42. The Hall–Kier alpha value is -4.23. The number of rotatable bonds is 5. The van der Waals surface area contributed by atoms with Gasteiger partial charge in [0.25, 0.3) is 5.91 Å². The van der Waals surface area contributed by atoms with Crippen LogP contribution in [0.25, 0.3) is 16.9 Å². The van der Waals surface area contributed by atoms with Crippen LogP contribution in [0, 0.1) is 0 Å². The molecule has 0 aliphatic rings. The van der Waals surface area contributed by atoms with Crippen LogP contribution in [0.15, 0.2) is 87.7 Å². The van der Waals surface area contributed by atoms with Crippen LogP contribution in [0.4, 0.5) is 19.0 Å². The first-order valence-electron chi connectivity index (χ1n) is 12.1. The summed E-state index contributed by atoms with van der Waals surface area (Å²) in [5.74, 6) is -2.50. The van der Waals surface area contributed by atoms with Crippen molar-refractivity contribution < 1.29 is 27.9 Å². The highest BCUT2D eigenvalue weighted by Gasteiger charge is 2.38. The number of thiazole rings is 1. The molecule has 1 amide bonds. The fourth-order valence-corrected chi connectivity index (χ4v) is 5.16. The highest BCUT2D eigenvalue weighted by molar-refractivity contribution is 8.01. The van der Waals surface area contributed by atoms with E-state index in [2.05, 4.69) is 41.6 Å². The maximum absolute atomic E-state index is 12.7. The molecule has 0 aliphatic carbocycles. The van der Waals surface area contributed by atoms with Crippen LogP contribution in [0.2, 0.25) is 0 Å². The molecule has 2 N–H and O–H groups in total. The number of hydrogen-bond acceptors (Lipinski definition) is 7. The van der Waals surface area contributed by atoms with E-state index in [1.807, 2.05) is 66.7 Å². The quantitative estimate of drug-likeness (QED) is 0.220. The lowest BCUT2D eigenvalue weighted by Gasteiger charge is -2.18. The number of carboxylic acid groups (broad SMARTS) is 1. The largest absolute Gasteiger partial charge is 0.490 e. The van der Waals surface area contributed by atoms with Gasteiger partial charge in [0.2, 0.25) is 0 Å². The number of aromatic nitrogens is 4. The number of alkyl halides is 3. The van der Waals surface area contributed by atoms with Crippen LogP contribution in [0.5, 0.6) is 0 Å². The average molecular weight is 600 g/mol. The maximum atomic E-state index is 12.7. The molecule has 3 heterocycles. The zero-order chi connectivity index (χ0) is 29.8. The van der Waals surface area contributed by atoms with Crippen molar-refractivity contribution in [3.8, 4) is 11.3 Å². The van der Waals surface area contributed by atoms with Crippen LogP contribution in [-0.4, -0.2) is 42.7 Å². The normalized spacial score (nSPS) is 11.6. The molecular formula is C28H24F3N5O3S2. The van der Waals surface area contributed by atoms with Gasteiger partial charge in [-0.1, -0.05) is 63.2 Å². The molecule has 0 saturated heterocycles. The molecule has 2 aromatic carbocycles. The maximum Gasteiger partial charge on any atom is 0.490 e. The standard InChI is InChI=1S/C26H23N5OS2.C2HF3O2/c1-26(2,3)19-11-9-18(10-12-19)24(32)29-21-15-31-22(28-21)13-14-23(30-31)34-25-27-20(16-33-25)17-7-5-4-6-8-17;3-2(4,5)1(6)7/h4-16H,1-3H3,(H,29,32);(H,6,7). The predicted octanol–water partition coefficient (Wildman–Crippen LogP) is 7.19. The van der Waals surface area contributed by atoms with Crippen LogP contribution in [0.1, 0.15) is 36.7 Å². The molecule has 212 valence electrons. The first-order valence-corrected chi connectivity index (χ1v) is 13.8. The molecule has 0 atom stereocenters. The van der Waals surface area contributed by atoms with Gasteiger partial charge >= 0.3 is 12.1 Å². The van der Waals surface area contributed by atoms with Crippen molar-refractivity contribution in [2.24, 2.45) is 0 Å². The van der Waals surface area contributed by atoms with E-state index in [9.17, 15) is 18.0 Å². The summed E-state index contributed by atoms with van der Waals surface area (Å²) in [6.45, 7) is 6.44. The van der Waals surface area contributed by atoms with Crippen molar-refractivity contribution in [1.82, 2.24) is 19.6 Å². The summed E-state index contributed by atoms with van der Waals surface area (Å²) in [6, 6.07) is 21.6. The predicted molar refractivity (Wildman–Crippen MR) is 151 cm³/mol. The Morgan fingerprint density at radius 2 is 1.61 bits per heavy atom. The topological polar surface area (TPSA) is 109 Å². The number of anilines is 1. The third kappa shape index (κ3) is 7.92. The van der Waals surface area contributed by atoms with Gasteiger partial charge in [0, 0.05) is 16.5 Å². The Bertz CT molecular complexity index is 1660. The zero-order valence-electron chi connectivity index (χ0n) is 22.0. The molecule has 0 radical (unpaired) electrons. The fraction of sp³-hybridized carbons (Fsp3) is 0.179. The van der Waals surface area contributed by atoms with Crippen LogP contribution >= 0.6 is 23.1 Å². The van der Waals surface area contributed by atoms with Crippen molar-refractivity contribution in [2.45, 2.75) is 41.7 Å². The number of carbonyl (C=O) groups excluding carboxylic acids is 1. The molecule has 41 heavy (non-hydrogen) atoms. The minimum atomic E-state index is -5.08. The van der Waals surface area contributed by atoms with Gasteiger partial charge in [-0.25, -0.2) is 19.3 Å². The van der Waals surface area contributed by atoms with E-state index < -0.39 is 12.1 Å². The molecule has 0 spiro atoms. The van der Waals surface area contributed by atoms with Gasteiger partial charge in [-0.2, -0.15) is 18.3 Å². The highest BCUT2D eigenvalue weighted by Crippen LogP contribution is 2.32. The van der Waals surface area contributed by atoms with Gasteiger partial charge in [-0.15, -0.1) is 11.3 Å². The molecule has 0 aliphatic heterocycles. The number of benzene rings is 2. The first kappa shape index (κ1) is 29.7. The molecule has 13 heteroatoms. The van der Waals surface area contributed by atoms with E-state index in [-0.39, 0.29) is 11.3 Å². The van der Waals surface area contributed by atoms with Crippen molar-refractivity contribution in [1.29, 1.82) is 0 Å². The second-order valence-corrected chi connectivity index (χ2v) is 11.8. The average Bonchev–Trinajstić information content (AvgIpc) is 3.55. The Balaban J connectivity index is 0.000000493. The summed E-state index contributed by atoms with van der Waals surface area (Å²) in [5, 5.41) is 17.5. The number of amides is 1. The number of fused-ring (bicyclic) bond motifs is 1. The Morgan fingerprint density at radius 1 is 0.951 bits per heavy atom. The molecule has 5 rings (SSSR count). The summed E-state index contributed by atoms with van der Waals surface area (Å²) >= 11 is 3.09. The van der Waals surface area contributed by atoms with E-state index in [0.717, 1.165) is 20.6 Å². The smallest absolute Gasteiger partial charge is 0.475 e. The Labute approximate surface area is 241 Å². The highest BCUT2D eigenvalue weighted by atomic mass is 32.2. The molecule has 8 nitrogen and oxygen atoms in total. The third-order valence-corrected chi connectivity index (χ3v) is 7.40. The zero-order valence-corrected chi connectivity index (χ0v) is 23.6. The van der Waals surface area contributed by atoms with Gasteiger partial charge in [0.05, 0.1) is 11.9 Å². The number of carbonyl (C=O) groups is 2. The van der Waals surface area contributed by atoms with Gasteiger partial charge in [0.15, 0.2) is 15.8 Å². The molecular weight excluding hydrogens is 575 g/mol. The third-order valence-electron chi connectivity index (χ3n) is 5.54. The summed E-state index contributed by atoms with van der Waals surface area (Å²) in [4.78, 5) is 30.8. The van der Waals surface area contributed by atoms with Crippen LogP contribution < -0.4 is 5.32 Å². The molecule has 5 aromatic rings. The molecule has 3 aromatic heterocycles. The van der Waals surface area contributed by atoms with Gasteiger partial charge < -0.3 is 10.4 Å². The number of imidazole rings is 1. The van der Waals surface area contributed by atoms with Crippen LogP contribution in [-0.2, 0) is 10.2 Å². The van der Waals surface area contributed by atoms with Gasteiger partial charge in [0.1, 0.15) is 5.03 Å². The first-order chi connectivity index (χ1) is 19.3. The number of halogens is 3. The van der Waals surface area contributed by atoms with Crippen LogP contribution in [0.3, 0.4) is 0 Å². The van der Waals surface area contributed by atoms with E-state index in [4.69, 9.17) is 14.9 Å². The minimum Gasteiger partial charge on any atom is -0.475 e. The lowest BCUT2D eigenvalue weighted by molar-refractivity contribution is -0.192. The van der Waals surface area contributed by atoms with Crippen molar-refractivity contribution in [3.05, 3.63) is 89.4 Å². The SMILES string of the molecule is CC(C)(C)c1ccc(C(=O)Nc2cn3nc(Sc4nc(-c5ccccc5)cs4)ccc3n2)cc1.O=C(O)C(F)(F)F. The van der Waals surface area contributed by atoms with Crippen molar-refractivity contribution in [2.75, 3.05) is 5.32 Å². The monoisotopic (exact) mass is 599 g/mol. The van der Waals surface area contributed by atoms with Gasteiger partial charge in [-0.05, 0) is 47.0 Å². The second kappa shape index (κ2) is 12.1. The Kier molecular flexibility index (Phi) is 8.78. The molecule has 0 unspecified atom stereocenters. The molecule has 0 saturated carbocycles. The minimum absolute atomic E-state index is 0.0414. The van der Waals surface area contributed by atoms with Crippen molar-refractivity contribution >= 4 is 46.4 Å². The van der Waals surface area contributed by atoms with E-state index in [1.54, 1.807) is 22.0 Å². The number of carboxylic acids is 1. The number of nitrogens with zero attached hydrogens (tertiary/aromatic N) is 4. The number of nitrogens with one attached hydrogen (secondary N) is 1. The van der Waals surface area contributed by atoms with Crippen molar-refractivity contribution in [3.63, 3.8) is 0 Å². The van der Waals surface area contributed by atoms with Gasteiger partial charge in [-0.3, -0.25) is 4.79 Å². The molecule has 0 bridgehead atoms.